The van der Waals surface area contributed by atoms with Crippen LogP contribution in [0.4, 0.5) is 0 Å². The first-order chi connectivity index (χ1) is 3.72. The summed E-state index contributed by atoms with van der Waals surface area (Å²) in [6.07, 6.45) is 1.74. The van der Waals surface area contributed by atoms with Gasteiger partial charge in [-0.1, -0.05) is 0 Å². The van der Waals surface area contributed by atoms with Gasteiger partial charge in [0.05, 0.1) is 7.11 Å². The van der Waals surface area contributed by atoms with E-state index in [1.165, 1.54) is 7.11 Å². The second kappa shape index (κ2) is 4.17. The first-order valence-electron chi connectivity index (χ1n) is 1.76. The summed E-state index contributed by atoms with van der Waals surface area (Å²) < 4.78 is 15.0. The van der Waals surface area contributed by atoms with Gasteiger partial charge in [-0.25, -0.2) is 4.21 Å². The molecular formula is C3H6O2S3. The maximum atomic E-state index is 9.99. The number of ether oxygens (including phenoxy) is 1. The average Bonchev–Trinajstić information content (AvgIpc) is 1.84. The predicted molar refractivity (Wildman–Crippen MR) is 41.0 cm³/mol. The van der Waals surface area contributed by atoms with Crippen LogP contribution in [0.2, 0.25) is 0 Å². The molecule has 0 fully saturated rings. The first-order valence-corrected chi connectivity index (χ1v) is 5.06. The van der Waals surface area contributed by atoms with Crippen LogP contribution in [-0.4, -0.2) is 22.0 Å². The third-order valence-electron chi connectivity index (χ3n) is 0.503. The lowest BCUT2D eigenvalue weighted by Crippen LogP contribution is -2.02. The predicted octanol–water partition coefficient (Wildman–Crippen LogP) is 0.294. The highest BCUT2D eigenvalue weighted by molar-refractivity contribution is 8.42. The Labute approximate surface area is 58.9 Å². The molecule has 0 aliphatic heterocycles. The Bertz CT molecular complexity index is 147. The normalized spacial score (nSPS) is 12.2. The van der Waals surface area contributed by atoms with Gasteiger partial charge in [0, 0.05) is 0 Å². The first kappa shape index (κ1) is 8.26. The molecule has 0 saturated heterocycles. The zero-order valence-corrected chi connectivity index (χ0v) is 6.99. The van der Waals surface area contributed by atoms with Crippen molar-refractivity contribution >= 4 is 36.3 Å². The van der Waals surface area contributed by atoms with Crippen LogP contribution in [0.5, 0.6) is 0 Å². The standard InChI is InChI=1S/C3H6O2S3/c1-5-3(6)8(2)7-4/h1-2H3. The van der Waals surface area contributed by atoms with E-state index >= 15 is 0 Å². The fourth-order valence-electron chi connectivity index (χ4n) is 0.145. The van der Waals surface area contributed by atoms with Crippen molar-refractivity contribution in [3.05, 3.63) is 0 Å². The SMILES string of the molecule is COC(=S)S(C)=S=O. The number of hydrogen-bond donors (Lipinski definition) is 0. The Balaban J connectivity index is 4.04. The van der Waals surface area contributed by atoms with Gasteiger partial charge in [-0.3, -0.25) is 0 Å². The van der Waals surface area contributed by atoms with Crippen LogP contribution >= 0.6 is 12.2 Å². The fourth-order valence-corrected chi connectivity index (χ4v) is 1.06. The van der Waals surface area contributed by atoms with E-state index < -0.39 is 9.45 Å². The molecule has 2 nitrogen and oxygen atoms in total. The fraction of sp³-hybridized carbons (Fsp3) is 0.667. The molecule has 0 aromatic heterocycles. The molecule has 1 unspecified atom stereocenters. The summed E-state index contributed by atoms with van der Waals surface area (Å²) in [6, 6.07) is 0. The van der Waals surface area contributed by atoms with Gasteiger partial charge in [0.25, 0.3) is 0 Å². The Hall–Kier alpha value is 0.260. The van der Waals surface area contributed by atoms with E-state index in [4.69, 9.17) is 0 Å². The van der Waals surface area contributed by atoms with Crippen molar-refractivity contribution in [2.24, 2.45) is 0 Å². The van der Waals surface area contributed by atoms with Gasteiger partial charge in [-0.15, -0.1) is 0 Å². The highest BCUT2D eigenvalue weighted by Crippen LogP contribution is 1.83. The summed E-state index contributed by atoms with van der Waals surface area (Å²) in [7, 11) is 1.49. The molecule has 1 atom stereocenters. The molecule has 0 rings (SSSR count). The molecule has 0 spiro atoms. The second-order valence-electron chi connectivity index (χ2n) is 0.976. The van der Waals surface area contributed by atoms with E-state index in [0.717, 1.165) is 0 Å². The van der Waals surface area contributed by atoms with Crippen LogP contribution in [-0.2, 0) is 24.4 Å². The Morgan fingerprint density at radius 1 is 1.88 bits per heavy atom. The Morgan fingerprint density at radius 2 is 2.38 bits per heavy atom. The third kappa shape index (κ3) is 2.54. The van der Waals surface area contributed by atoms with Gasteiger partial charge in [0.1, 0.15) is 10.2 Å². The van der Waals surface area contributed by atoms with Crippen molar-refractivity contribution in [1.82, 2.24) is 0 Å². The van der Waals surface area contributed by atoms with E-state index in [2.05, 4.69) is 17.0 Å². The van der Waals surface area contributed by atoms with Crippen LogP contribution < -0.4 is 0 Å². The number of thiocarbonyl (C=S) groups is 1. The van der Waals surface area contributed by atoms with Gasteiger partial charge >= 0.3 is 0 Å². The Kier molecular flexibility index (Phi) is 4.31. The molecule has 0 aliphatic carbocycles. The van der Waals surface area contributed by atoms with Crippen LogP contribution in [0.25, 0.3) is 0 Å². The monoisotopic (exact) mass is 170 g/mol. The molecule has 0 N–H and O–H groups in total. The average molecular weight is 170 g/mol. The topological polar surface area (TPSA) is 26.3 Å². The third-order valence-corrected chi connectivity index (χ3v) is 3.64. The zero-order valence-electron chi connectivity index (χ0n) is 4.54. The van der Waals surface area contributed by atoms with E-state index in [-0.39, 0.29) is 0 Å². The molecule has 0 radical (unpaired) electrons. The summed E-state index contributed by atoms with van der Waals surface area (Å²) in [5, 5.41) is 0. The summed E-state index contributed by atoms with van der Waals surface area (Å²) in [4.78, 5) is 0. The quantitative estimate of drug-likeness (QED) is 0.489. The minimum atomic E-state index is -0.451. The largest absolute Gasteiger partial charge is 0.482 e. The maximum absolute atomic E-state index is 9.99. The van der Waals surface area contributed by atoms with Crippen molar-refractivity contribution in [3.8, 4) is 0 Å². The van der Waals surface area contributed by atoms with E-state index in [9.17, 15) is 4.21 Å². The van der Waals surface area contributed by atoms with Gasteiger partial charge in [0.15, 0.2) is 0 Å². The molecule has 0 heterocycles. The number of rotatable bonds is 0. The van der Waals surface area contributed by atoms with Crippen molar-refractivity contribution in [1.29, 1.82) is 0 Å². The highest BCUT2D eigenvalue weighted by Gasteiger charge is 1.93. The lowest BCUT2D eigenvalue weighted by atomic mass is 11.5. The van der Waals surface area contributed by atoms with Crippen LogP contribution in [0.1, 0.15) is 0 Å². The summed E-state index contributed by atoms with van der Waals surface area (Å²) >= 11 is 4.65. The molecule has 0 aromatic carbocycles. The Morgan fingerprint density at radius 3 is 2.50 bits per heavy atom. The van der Waals surface area contributed by atoms with Gasteiger partial charge in [0.2, 0.25) is 4.38 Å². The van der Waals surface area contributed by atoms with Crippen molar-refractivity contribution in [2.75, 3.05) is 13.4 Å². The van der Waals surface area contributed by atoms with Gasteiger partial charge < -0.3 is 4.74 Å². The molecule has 48 valence electrons. The number of hydrogen-bond acceptors (Lipinski definition) is 3. The second-order valence-corrected chi connectivity index (χ2v) is 4.93. The molecular weight excluding hydrogens is 164 g/mol. The molecule has 0 saturated carbocycles. The maximum Gasteiger partial charge on any atom is 0.225 e. The van der Waals surface area contributed by atoms with Crippen molar-refractivity contribution in [2.45, 2.75) is 0 Å². The van der Waals surface area contributed by atoms with E-state index in [1.54, 1.807) is 6.26 Å². The van der Waals surface area contributed by atoms with Gasteiger partial charge in [-0.2, -0.15) is 0 Å². The minimum Gasteiger partial charge on any atom is -0.482 e. The minimum absolute atomic E-state index is 0.394. The van der Waals surface area contributed by atoms with Crippen LogP contribution in [0, 0.1) is 0 Å². The molecule has 5 heteroatoms. The molecule has 0 bridgehead atoms. The van der Waals surface area contributed by atoms with E-state index in [1.807, 2.05) is 0 Å². The van der Waals surface area contributed by atoms with Crippen LogP contribution in [0.15, 0.2) is 0 Å². The van der Waals surface area contributed by atoms with E-state index in [0.29, 0.717) is 14.6 Å². The lowest BCUT2D eigenvalue weighted by molar-refractivity contribution is 0.426. The van der Waals surface area contributed by atoms with Crippen molar-refractivity contribution < 1.29 is 8.95 Å². The van der Waals surface area contributed by atoms with Crippen molar-refractivity contribution in [3.63, 3.8) is 0 Å². The molecule has 0 amide bonds. The molecule has 0 aromatic rings. The zero-order chi connectivity index (χ0) is 6.57. The lowest BCUT2D eigenvalue weighted by Gasteiger charge is -1.95. The summed E-state index contributed by atoms with van der Waals surface area (Å²) in [5.74, 6) is 0. The highest BCUT2D eigenvalue weighted by atomic mass is 32.8. The molecule has 8 heavy (non-hydrogen) atoms. The van der Waals surface area contributed by atoms with Gasteiger partial charge in [-0.05, 0) is 27.9 Å². The summed E-state index contributed by atoms with van der Waals surface area (Å²) in [5.41, 5.74) is 0. The molecule has 0 aliphatic rings. The smallest absolute Gasteiger partial charge is 0.225 e. The number of methoxy groups -OCH3 is 1. The van der Waals surface area contributed by atoms with Crippen LogP contribution in [0.3, 0.4) is 0 Å². The summed E-state index contributed by atoms with van der Waals surface area (Å²) in [6.45, 7) is 0.